The molecule has 6 amide bonds. The van der Waals surface area contributed by atoms with Crippen molar-refractivity contribution in [3.8, 4) is 0 Å². The van der Waals surface area contributed by atoms with Crippen molar-refractivity contribution in [1.29, 1.82) is 0 Å². The van der Waals surface area contributed by atoms with E-state index in [1.165, 1.54) is 14.2 Å². The van der Waals surface area contributed by atoms with Gasteiger partial charge in [0.1, 0.15) is 12.1 Å². The van der Waals surface area contributed by atoms with Gasteiger partial charge in [-0.3, -0.25) is 19.2 Å². The minimum absolute atomic E-state index is 0.122. The fraction of sp³-hybridized carbons (Fsp3) is 0.462. The van der Waals surface area contributed by atoms with Gasteiger partial charge in [0, 0.05) is 54.5 Å². The molecule has 2 heterocycles. The largest absolute Gasteiger partial charge is 0.453 e. The number of primary amides is 2. The van der Waals surface area contributed by atoms with Crippen LogP contribution in [0.15, 0.2) is 104 Å². The molecule has 2 aliphatic heterocycles. The standard InChI is InChI=1S/C52H69N7O8/c1-9-14-39-26-28-41(58(39)47(62)45(55-49(64)66-7)51(3,4)30-43(53)60)36-22-18-34(19-23-36)32-57(38-16-12-11-13-17-38)33-35-20-24-37(25-21-35)42-29-27-40(15-10-2)59(42)48(63)46(56-50(65)67-8)52(5,6)31-44(54)61/h9-13,16-25,39-42,45-46H,1-2,14-15,26-33H2,3-8H3,(H2,53,60)(H2,54,61)(H,55,64)(H,56,65)/t39-,40-,41-,42-,45+,46+/m0/s1. The van der Waals surface area contributed by atoms with Gasteiger partial charge in [0.2, 0.25) is 23.6 Å². The minimum Gasteiger partial charge on any atom is -0.453 e. The number of likely N-dealkylation sites (tertiary alicyclic amines) is 2. The summed E-state index contributed by atoms with van der Waals surface area (Å²) in [5.41, 5.74) is 14.2. The van der Waals surface area contributed by atoms with Gasteiger partial charge < -0.3 is 46.3 Å². The van der Waals surface area contributed by atoms with Crippen molar-refractivity contribution in [2.24, 2.45) is 22.3 Å². The molecule has 0 spiro atoms. The number of nitrogens with one attached hydrogen (secondary N) is 2. The molecule has 0 bridgehead atoms. The van der Waals surface area contributed by atoms with E-state index >= 15 is 0 Å². The van der Waals surface area contributed by atoms with Crippen LogP contribution in [-0.4, -0.2) is 84.0 Å². The molecule has 0 saturated carbocycles. The number of alkyl carbamates (subject to hydrolysis) is 2. The van der Waals surface area contributed by atoms with Gasteiger partial charge in [-0.25, -0.2) is 9.59 Å². The monoisotopic (exact) mass is 920 g/mol. The fourth-order valence-corrected chi connectivity index (χ4v) is 9.88. The second kappa shape index (κ2) is 22.7. The third-order valence-electron chi connectivity index (χ3n) is 13.2. The van der Waals surface area contributed by atoms with Gasteiger partial charge in [-0.2, -0.15) is 0 Å². The van der Waals surface area contributed by atoms with E-state index in [0.29, 0.717) is 38.8 Å². The van der Waals surface area contributed by atoms with Crippen LogP contribution in [0.2, 0.25) is 0 Å². The van der Waals surface area contributed by atoms with E-state index in [1.54, 1.807) is 39.8 Å². The molecule has 67 heavy (non-hydrogen) atoms. The lowest BCUT2D eigenvalue weighted by Crippen LogP contribution is -2.57. The number of carbonyl (C=O) groups is 6. The summed E-state index contributed by atoms with van der Waals surface area (Å²) < 4.78 is 9.77. The Kier molecular flexibility index (Phi) is 17.4. The van der Waals surface area contributed by atoms with E-state index < -0.39 is 46.9 Å². The van der Waals surface area contributed by atoms with Gasteiger partial charge in [0.15, 0.2) is 0 Å². The molecule has 0 aliphatic carbocycles. The highest BCUT2D eigenvalue weighted by Gasteiger charge is 2.47. The molecule has 0 unspecified atom stereocenters. The number of hydrogen-bond donors (Lipinski definition) is 4. The van der Waals surface area contributed by atoms with Crippen molar-refractivity contribution in [3.63, 3.8) is 0 Å². The molecule has 15 nitrogen and oxygen atoms in total. The summed E-state index contributed by atoms with van der Waals surface area (Å²) in [6, 6.07) is 23.7. The summed E-state index contributed by atoms with van der Waals surface area (Å²) >= 11 is 0. The third-order valence-corrected chi connectivity index (χ3v) is 13.2. The third kappa shape index (κ3) is 12.8. The predicted octanol–water partition coefficient (Wildman–Crippen LogP) is 7.36. The van der Waals surface area contributed by atoms with E-state index in [-0.39, 0.29) is 48.8 Å². The normalized spacial score (nSPS) is 19.1. The highest BCUT2D eigenvalue weighted by molar-refractivity contribution is 5.89. The molecule has 2 fully saturated rings. The van der Waals surface area contributed by atoms with Crippen LogP contribution in [0.3, 0.4) is 0 Å². The Balaban J connectivity index is 1.39. The van der Waals surface area contributed by atoms with Crippen LogP contribution in [0.4, 0.5) is 15.3 Å². The average Bonchev–Trinajstić information content (AvgIpc) is 3.91. The SMILES string of the molecule is C=CC[C@H]1CC[C@@H](c2ccc(CN(Cc3ccc([C@@H]4CC[C@H](CC=C)N4C(=O)[C@@H](NC(=O)OC)C(C)(C)CC(N)=O)cc3)c3ccccc3)cc2)N1C(=O)[C@@H](NC(=O)OC)C(C)(C)CC(N)=O. The highest BCUT2D eigenvalue weighted by atomic mass is 16.5. The van der Waals surface area contributed by atoms with Crippen LogP contribution >= 0.6 is 0 Å². The van der Waals surface area contributed by atoms with E-state index in [0.717, 1.165) is 40.8 Å². The van der Waals surface area contributed by atoms with Crippen molar-refractivity contribution >= 4 is 41.5 Å². The fourth-order valence-electron chi connectivity index (χ4n) is 9.88. The molecule has 360 valence electrons. The summed E-state index contributed by atoms with van der Waals surface area (Å²) in [5.74, 6) is -1.80. The molecule has 2 aliphatic rings. The van der Waals surface area contributed by atoms with E-state index in [2.05, 4.69) is 89.4 Å². The van der Waals surface area contributed by atoms with Gasteiger partial charge in [-0.1, -0.05) is 107 Å². The van der Waals surface area contributed by atoms with Gasteiger partial charge in [-0.15, -0.1) is 13.2 Å². The zero-order chi connectivity index (χ0) is 49.1. The number of carbonyl (C=O) groups excluding carboxylic acids is 6. The molecular weight excluding hydrogens is 851 g/mol. The Labute approximate surface area is 395 Å². The number of ether oxygens (including phenoxy) is 2. The predicted molar refractivity (Wildman–Crippen MR) is 258 cm³/mol. The Hall–Kier alpha value is -6.64. The highest BCUT2D eigenvalue weighted by Crippen LogP contribution is 2.42. The van der Waals surface area contributed by atoms with Gasteiger partial charge in [0.25, 0.3) is 0 Å². The molecule has 5 rings (SSSR count). The number of methoxy groups -OCH3 is 2. The van der Waals surface area contributed by atoms with Gasteiger partial charge in [-0.05, 0) is 72.9 Å². The van der Waals surface area contributed by atoms with E-state index in [9.17, 15) is 28.8 Å². The topological polar surface area (TPSA) is 207 Å². The smallest absolute Gasteiger partial charge is 0.407 e. The number of amides is 6. The van der Waals surface area contributed by atoms with Crippen molar-refractivity contribution in [2.75, 3.05) is 19.1 Å². The first-order chi connectivity index (χ1) is 31.8. The van der Waals surface area contributed by atoms with Gasteiger partial charge >= 0.3 is 12.2 Å². The van der Waals surface area contributed by atoms with E-state index in [1.807, 2.05) is 28.0 Å². The lowest BCUT2D eigenvalue weighted by molar-refractivity contribution is -0.141. The lowest BCUT2D eigenvalue weighted by atomic mass is 9.79. The van der Waals surface area contributed by atoms with Crippen LogP contribution in [-0.2, 0) is 41.7 Å². The summed E-state index contributed by atoms with van der Waals surface area (Å²) in [4.78, 5) is 84.4. The number of anilines is 1. The van der Waals surface area contributed by atoms with Crippen LogP contribution in [0, 0.1) is 10.8 Å². The molecule has 15 heteroatoms. The molecule has 3 aromatic carbocycles. The molecule has 0 radical (unpaired) electrons. The van der Waals surface area contributed by atoms with Crippen LogP contribution in [0.5, 0.6) is 0 Å². The Morgan fingerprint density at radius 2 is 1.01 bits per heavy atom. The van der Waals surface area contributed by atoms with Crippen molar-refractivity contribution in [2.45, 2.75) is 128 Å². The lowest BCUT2D eigenvalue weighted by Gasteiger charge is -2.39. The Morgan fingerprint density at radius 3 is 1.34 bits per heavy atom. The average molecular weight is 920 g/mol. The van der Waals surface area contributed by atoms with Crippen molar-refractivity contribution in [1.82, 2.24) is 20.4 Å². The Bertz CT molecular complexity index is 2090. The number of rotatable bonds is 21. The first-order valence-electron chi connectivity index (χ1n) is 22.9. The first kappa shape index (κ1) is 51.3. The maximum atomic E-state index is 14.6. The van der Waals surface area contributed by atoms with Crippen molar-refractivity contribution < 1.29 is 38.2 Å². The number of para-hydroxylation sites is 1. The number of nitrogens with zero attached hydrogens (tertiary/aromatic N) is 3. The first-order valence-corrected chi connectivity index (χ1v) is 22.9. The van der Waals surface area contributed by atoms with Crippen LogP contribution < -0.4 is 27.0 Å². The molecular formula is C52H69N7O8. The minimum atomic E-state index is -1.07. The molecule has 0 aromatic heterocycles. The summed E-state index contributed by atoms with van der Waals surface area (Å²) in [6.07, 6.45) is 5.80. The quantitative estimate of drug-likeness (QED) is 0.0787. The van der Waals surface area contributed by atoms with Gasteiger partial charge in [0.05, 0.1) is 26.3 Å². The van der Waals surface area contributed by atoms with Crippen LogP contribution in [0.25, 0.3) is 0 Å². The number of hydrogen-bond acceptors (Lipinski definition) is 9. The summed E-state index contributed by atoms with van der Waals surface area (Å²) in [5, 5.41) is 5.40. The zero-order valence-corrected chi connectivity index (χ0v) is 39.9. The summed E-state index contributed by atoms with van der Waals surface area (Å²) in [7, 11) is 2.46. The second-order valence-electron chi connectivity index (χ2n) is 19.1. The Morgan fingerprint density at radius 1 is 0.642 bits per heavy atom. The molecule has 6 atom stereocenters. The second-order valence-corrected chi connectivity index (χ2v) is 19.1. The van der Waals surface area contributed by atoms with E-state index in [4.69, 9.17) is 20.9 Å². The number of nitrogens with two attached hydrogens (primary N) is 2. The maximum absolute atomic E-state index is 14.6. The molecule has 6 N–H and O–H groups in total. The van der Waals surface area contributed by atoms with Crippen molar-refractivity contribution in [3.05, 3.63) is 126 Å². The number of benzene rings is 3. The summed E-state index contributed by atoms with van der Waals surface area (Å²) in [6.45, 7) is 16.0. The zero-order valence-electron chi connectivity index (χ0n) is 39.9. The molecule has 2 saturated heterocycles. The maximum Gasteiger partial charge on any atom is 0.407 e. The van der Waals surface area contributed by atoms with Crippen LogP contribution in [0.1, 0.15) is 113 Å². The molecule has 3 aromatic rings.